The molecule has 1 rings (SSSR count). The molecule has 0 bridgehead atoms. The van der Waals surface area contributed by atoms with E-state index in [1.54, 1.807) is 0 Å². The molecule has 0 unspecified atom stereocenters. The molecule has 21 heavy (non-hydrogen) atoms. The third-order valence-corrected chi connectivity index (χ3v) is 4.50. The van der Waals surface area contributed by atoms with Gasteiger partial charge >= 0.3 is 0 Å². The van der Waals surface area contributed by atoms with E-state index in [4.69, 9.17) is 9.47 Å². The van der Waals surface area contributed by atoms with Crippen LogP contribution in [0.4, 0.5) is 0 Å². The molecule has 0 aromatic heterocycles. The van der Waals surface area contributed by atoms with E-state index < -0.39 is 15.9 Å². The molecule has 1 aromatic carbocycles. The second-order valence-corrected chi connectivity index (χ2v) is 6.58. The summed E-state index contributed by atoms with van der Waals surface area (Å²) in [5.74, 6) is 0.0921. The highest BCUT2D eigenvalue weighted by Gasteiger charge is 2.17. The lowest BCUT2D eigenvalue weighted by Gasteiger charge is -2.09. The summed E-state index contributed by atoms with van der Waals surface area (Å²) in [6, 6.07) is 4.33. The van der Waals surface area contributed by atoms with Crippen molar-refractivity contribution in [3.63, 3.8) is 0 Å². The first-order chi connectivity index (χ1) is 9.90. The van der Waals surface area contributed by atoms with E-state index in [1.165, 1.54) is 32.4 Å². The van der Waals surface area contributed by atoms with Crippen LogP contribution in [-0.4, -0.2) is 48.2 Å². The van der Waals surface area contributed by atoms with Gasteiger partial charge in [-0.1, -0.05) is 0 Å². The first kappa shape index (κ1) is 17.9. The molecule has 9 heteroatoms. The van der Waals surface area contributed by atoms with Gasteiger partial charge in [0.2, 0.25) is 15.9 Å². The van der Waals surface area contributed by atoms with Gasteiger partial charge in [0.25, 0.3) is 0 Å². The average Bonchev–Trinajstić information content (AvgIpc) is 2.45. The van der Waals surface area contributed by atoms with Gasteiger partial charge in [-0.25, -0.2) is 13.1 Å². The summed E-state index contributed by atoms with van der Waals surface area (Å²) >= 11 is 3.21. The summed E-state index contributed by atoms with van der Waals surface area (Å²) < 4.78 is 36.6. The minimum atomic E-state index is -3.76. The smallest absolute Gasteiger partial charge is 0.241 e. The zero-order valence-corrected chi connectivity index (χ0v) is 14.1. The van der Waals surface area contributed by atoms with Gasteiger partial charge < -0.3 is 14.8 Å². The van der Waals surface area contributed by atoms with Crippen LogP contribution in [0.5, 0.6) is 5.75 Å². The van der Waals surface area contributed by atoms with Crippen molar-refractivity contribution in [3.8, 4) is 5.75 Å². The van der Waals surface area contributed by atoms with Crippen LogP contribution >= 0.6 is 15.9 Å². The van der Waals surface area contributed by atoms with E-state index in [0.717, 1.165) is 0 Å². The minimum absolute atomic E-state index is 0.0415. The second kappa shape index (κ2) is 8.32. The van der Waals surface area contributed by atoms with Crippen LogP contribution in [0, 0.1) is 0 Å². The van der Waals surface area contributed by atoms with E-state index in [-0.39, 0.29) is 11.4 Å². The maximum absolute atomic E-state index is 12.0. The van der Waals surface area contributed by atoms with Crippen molar-refractivity contribution in [2.45, 2.75) is 4.90 Å². The summed E-state index contributed by atoms with van der Waals surface area (Å²) in [6.07, 6.45) is 0. The lowest BCUT2D eigenvalue weighted by molar-refractivity contribution is -0.120. The summed E-state index contributed by atoms with van der Waals surface area (Å²) in [5, 5.41) is 2.52. The molecule has 1 aromatic rings. The van der Waals surface area contributed by atoms with Crippen molar-refractivity contribution in [1.29, 1.82) is 0 Å². The van der Waals surface area contributed by atoms with Crippen LogP contribution in [0.2, 0.25) is 0 Å². The Bertz CT molecular complexity index is 591. The van der Waals surface area contributed by atoms with Crippen molar-refractivity contribution in [3.05, 3.63) is 22.7 Å². The first-order valence-corrected chi connectivity index (χ1v) is 8.27. The quantitative estimate of drug-likeness (QED) is 0.640. The average molecular weight is 381 g/mol. The standard InChI is InChI=1S/C12H17BrN2O5S/c1-19-6-5-14-12(16)8-15-21(17,18)9-3-4-11(20-2)10(13)7-9/h3-4,7,15H,5-6,8H2,1-2H3,(H,14,16). The maximum Gasteiger partial charge on any atom is 0.241 e. The number of carbonyl (C=O) groups excluding carboxylic acids is 1. The van der Waals surface area contributed by atoms with Gasteiger partial charge in [-0.15, -0.1) is 0 Å². The topological polar surface area (TPSA) is 93.7 Å². The molecule has 0 atom stereocenters. The number of methoxy groups -OCH3 is 2. The molecule has 0 fully saturated rings. The van der Waals surface area contributed by atoms with Crippen molar-refractivity contribution < 1.29 is 22.7 Å². The van der Waals surface area contributed by atoms with E-state index in [0.29, 0.717) is 23.4 Å². The molecule has 0 aliphatic carbocycles. The number of hydrogen-bond donors (Lipinski definition) is 2. The molecule has 0 radical (unpaired) electrons. The first-order valence-electron chi connectivity index (χ1n) is 5.99. The van der Waals surface area contributed by atoms with E-state index in [1.807, 2.05) is 0 Å². The fourth-order valence-corrected chi connectivity index (χ4v) is 3.11. The predicted molar refractivity (Wildman–Crippen MR) is 80.8 cm³/mol. The molecular weight excluding hydrogens is 364 g/mol. The number of benzene rings is 1. The fraction of sp³-hybridized carbons (Fsp3) is 0.417. The van der Waals surface area contributed by atoms with Gasteiger partial charge in [0.15, 0.2) is 0 Å². The molecule has 0 spiro atoms. The fourth-order valence-electron chi connectivity index (χ4n) is 1.41. The number of rotatable bonds is 8. The molecule has 2 N–H and O–H groups in total. The van der Waals surface area contributed by atoms with Gasteiger partial charge in [-0.2, -0.15) is 0 Å². The van der Waals surface area contributed by atoms with Crippen LogP contribution < -0.4 is 14.8 Å². The summed E-state index contributed by atoms with van der Waals surface area (Å²) in [6.45, 7) is 0.352. The highest BCUT2D eigenvalue weighted by atomic mass is 79.9. The van der Waals surface area contributed by atoms with Gasteiger partial charge in [0.1, 0.15) is 5.75 Å². The molecule has 0 aliphatic heterocycles. The summed E-state index contributed by atoms with van der Waals surface area (Å²) in [4.78, 5) is 11.5. The zero-order valence-electron chi connectivity index (χ0n) is 11.7. The Morgan fingerprint density at radius 3 is 2.62 bits per heavy atom. The molecule has 118 valence electrons. The Kier molecular flexibility index (Phi) is 7.09. The lowest BCUT2D eigenvalue weighted by Crippen LogP contribution is -2.38. The SMILES string of the molecule is COCCNC(=O)CNS(=O)(=O)c1ccc(OC)c(Br)c1. The normalized spacial score (nSPS) is 11.2. The van der Waals surface area contributed by atoms with Crippen LogP contribution in [0.1, 0.15) is 0 Å². The third-order valence-electron chi connectivity index (χ3n) is 2.48. The van der Waals surface area contributed by atoms with E-state index in [2.05, 4.69) is 26.0 Å². The number of carbonyl (C=O) groups is 1. The number of hydrogen-bond acceptors (Lipinski definition) is 5. The lowest BCUT2D eigenvalue weighted by atomic mass is 10.3. The number of nitrogens with one attached hydrogen (secondary N) is 2. The zero-order chi connectivity index (χ0) is 15.9. The van der Waals surface area contributed by atoms with Crippen LogP contribution in [0.25, 0.3) is 0 Å². The largest absolute Gasteiger partial charge is 0.496 e. The molecule has 0 heterocycles. The molecule has 0 saturated carbocycles. The van der Waals surface area contributed by atoms with Gasteiger partial charge in [-0.3, -0.25) is 4.79 Å². The Hall–Kier alpha value is -1.16. The minimum Gasteiger partial charge on any atom is -0.496 e. The van der Waals surface area contributed by atoms with Crippen molar-refractivity contribution in [2.24, 2.45) is 0 Å². The van der Waals surface area contributed by atoms with Crippen LogP contribution in [0.15, 0.2) is 27.6 Å². The van der Waals surface area contributed by atoms with Crippen molar-refractivity contribution >= 4 is 31.9 Å². The van der Waals surface area contributed by atoms with Gasteiger partial charge in [0.05, 0.1) is 29.6 Å². The molecule has 1 amide bonds. The molecule has 0 saturated heterocycles. The number of amides is 1. The predicted octanol–water partition coefficient (Wildman–Crippen LogP) is 0.499. The summed E-state index contributed by atoms with van der Waals surface area (Å²) in [5.41, 5.74) is 0. The van der Waals surface area contributed by atoms with Crippen LogP contribution in [-0.2, 0) is 19.6 Å². The van der Waals surface area contributed by atoms with E-state index in [9.17, 15) is 13.2 Å². The monoisotopic (exact) mass is 380 g/mol. The third kappa shape index (κ3) is 5.62. The maximum atomic E-state index is 12.0. The van der Waals surface area contributed by atoms with Crippen LogP contribution in [0.3, 0.4) is 0 Å². The molecule has 0 aliphatic rings. The molecular formula is C12H17BrN2O5S. The number of ether oxygens (including phenoxy) is 2. The highest BCUT2D eigenvalue weighted by Crippen LogP contribution is 2.27. The van der Waals surface area contributed by atoms with Gasteiger partial charge in [-0.05, 0) is 34.1 Å². The number of halogens is 1. The van der Waals surface area contributed by atoms with Crippen molar-refractivity contribution in [1.82, 2.24) is 10.0 Å². The summed E-state index contributed by atoms with van der Waals surface area (Å²) in [7, 11) is -0.768. The van der Waals surface area contributed by atoms with E-state index >= 15 is 0 Å². The molecule has 7 nitrogen and oxygen atoms in total. The Labute approximate surface area is 132 Å². The second-order valence-electron chi connectivity index (χ2n) is 3.96. The highest BCUT2D eigenvalue weighted by molar-refractivity contribution is 9.10. The van der Waals surface area contributed by atoms with Gasteiger partial charge in [0, 0.05) is 13.7 Å². The Morgan fingerprint density at radius 2 is 2.05 bits per heavy atom. The van der Waals surface area contributed by atoms with Crippen molar-refractivity contribution in [2.75, 3.05) is 33.9 Å². The Morgan fingerprint density at radius 1 is 1.33 bits per heavy atom. The Balaban J connectivity index is 2.65. The number of sulfonamides is 1.